The van der Waals surface area contributed by atoms with E-state index in [4.69, 9.17) is 0 Å². The number of benzene rings is 3. The molecule has 0 spiro atoms. The summed E-state index contributed by atoms with van der Waals surface area (Å²) >= 11 is 0. The van der Waals surface area contributed by atoms with E-state index in [1.54, 1.807) is 6.92 Å². The predicted octanol–water partition coefficient (Wildman–Crippen LogP) is 4.71. The van der Waals surface area contributed by atoms with Crippen molar-refractivity contribution in [3.8, 4) is 0 Å². The number of hydrazone groups is 1. The van der Waals surface area contributed by atoms with E-state index in [2.05, 4.69) is 15.3 Å². The number of hydrogen-bond donors (Lipinski definition) is 0. The first kappa shape index (κ1) is 15.2. The van der Waals surface area contributed by atoms with E-state index in [0.717, 1.165) is 22.1 Å². The molecule has 1 aliphatic heterocycles. The van der Waals surface area contributed by atoms with Crippen LogP contribution in [0.25, 0.3) is 10.8 Å². The van der Waals surface area contributed by atoms with Gasteiger partial charge in [-0.3, -0.25) is 4.79 Å². The first-order chi connectivity index (χ1) is 12.2. The average molecular weight is 328 g/mol. The first-order valence-corrected chi connectivity index (χ1v) is 8.07. The SMILES string of the molecule is CC1=NN(c2ccccc2)C(=O)[C@H]1N=Nc1cccc2ccccc12. The van der Waals surface area contributed by atoms with Gasteiger partial charge in [-0.05, 0) is 30.5 Å². The lowest BCUT2D eigenvalue weighted by atomic mass is 10.1. The molecule has 1 atom stereocenters. The molecule has 0 saturated carbocycles. The second-order valence-corrected chi connectivity index (χ2v) is 5.84. The van der Waals surface area contributed by atoms with Gasteiger partial charge in [-0.25, -0.2) is 0 Å². The highest BCUT2D eigenvalue weighted by Gasteiger charge is 2.34. The van der Waals surface area contributed by atoms with Gasteiger partial charge in [0.1, 0.15) is 0 Å². The van der Waals surface area contributed by atoms with E-state index < -0.39 is 6.04 Å². The third-order valence-corrected chi connectivity index (χ3v) is 4.14. The molecule has 25 heavy (non-hydrogen) atoms. The molecule has 0 aromatic heterocycles. The van der Waals surface area contributed by atoms with Crippen LogP contribution in [0, 0.1) is 0 Å². The molecule has 5 heteroatoms. The van der Waals surface area contributed by atoms with Crippen molar-refractivity contribution < 1.29 is 4.79 Å². The largest absolute Gasteiger partial charge is 0.280 e. The van der Waals surface area contributed by atoms with Crippen molar-refractivity contribution in [2.75, 3.05) is 5.01 Å². The van der Waals surface area contributed by atoms with Crippen molar-refractivity contribution in [3.05, 3.63) is 72.8 Å². The minimum Gasteiger partial charge on any atom is -0.269 e. The van der Waals surface area contributed by atoms with Crippen molar-refractivity contribution in [1.29, 1.82) is 0 Å². The number of hydrogen-bond acceptors (Lipinski definition) is 4. The van der Waals surface area contributed by atoms with E-state index in [0.29, 0.717) is 5.71 Å². The quantitative estimate of drug-likeness (QED) is 0.642. The van der Waals surface area contributed by atoms with Gasteiger partial charge >= 0.3 is 0 Å². The number of azo groups is 1. The molecule has 0 radical (unpaired) electrons. The molecule has 0 saturated heterocycles. The van der Waals surface area contributed by atoms with Gasteiger partial charge in [-0.1, -0.05) is 54.6 Å². The molecule has 0 bridgehead atoms. The lowest BCUT2D eigenvalue weighted by Crippen LogP contribution is -2.29. The topological polar surface area (TPSA) is 57.4 Å². The zero-order chi connectivity index (χ0) is 17.2. The molecule has 1 heterocycles. The second-order valence-electron chi connectivity index (χ2n) is 5.84. The Morgan fingerprint density at radius 3 is 2.48 bits per heavy atom. The fourth-order valence-electron chi connectivity index (χ4n) is 2.86. The van der Waals surface area contributed by atoms with Crippen LogP contribution in [0.3, 0.4) is 0 Å². The summed E-state index contributed by atoms with van der Waals surface area (Å²) in [5, 5.41) is 16.5. The van der Waals surface area contributed by atoms with Crippen LogP contribution in [0.15, 0.2) is 88.1 Å². The van der Waals surface area contributed by atoms with Gasteiger partial charge in [0, 0.05) is 5.39 Å². The van der Waals surface area contributed by atoms with Gasteiger partial charge in [0.15, 0.2) is 6.04 Å². The number of fused-ring (bicyclic) bond motifs is 1. The highest BCUT2D eigenvalue weighted by molar-refractivity contribution is 6.18. The maximum absolute atomic E-state index is 12.7. The van der Waals surface area contributed by atoms with E-state index in [9.17, 15) is 4.79 Å². The monoisotopic (exact) mass is 328 g/mol. The fourth-order valence-corrected chi connectivity index (χ4v) is 2.86. The summed E-state index contributed by atoms with van der Waals surface area (Å²) in [4.78, 5) is 12.7. The molecule has 3 aromatic rings. The number of para-hydroxylation sites is 1. The Hall–Kier alpha value is -3.34. The Labute approximate surface area is 145 Å². The molecule has 1 aliphatic rings. The van der Waals surface area contributed by atoms with Crippen LogP contribution in [0.1, 0.15) is 6.92 Å². The third kappa shape index (κ3) is 2.80. The number of amides is 1. The second kappa shape index (κ2) is 6.28. The van der Waals surface area contributed by atoms with E-state index in [-0.39, 0.29) is 5.91 Å². The van der Waals surface area contributed by atoms with Crippen molar-refractivity contribution in [3.63, 3.8) is 0 Å². The summed E-state index contributed by atoms with van der Waals surface area (Å²) < 4.78 is 0. The smallest absolute Gasteiger partial charge is 0.269 e. The van der Waals surface area contributed by atoms with Crippen LogP contribution in [-0.2, 0) is 4.79 Å². The highest BCUT2D eigenvalue weighted by atomic mass is 16.2. The Morgan fingerprint density at radius 2 is 1.64 bits per heavy atom. The molecule has 0 unspecified atom stereocenters. The minimum atomic E-state index is -0.681. The van der Waals surface area contributed by atoms with Crippen LogP contribution in [0.2, 0.25) is 0 Å². The first-order valence-electron chi connectivity index (χ1n) is 8.07. The van der Waals surface area contributed by atoms with Crippen LogP contribution >= 0.6 is 0 Å². The third-order valence-electron chi connectivity index (χ3n) is 4.14. The Bertz CT molecular complexity index is 990. The normalized spacial score (nSPS) is 17.5. The zero-order valence-electron chi connectivity index (χ0n) is 13.7. The van der Waals surface area contributed by atoms with Crippen molar-refractivity contribution >= 4 is 33.8 Å². The molecule has 5 nitrogen and oxygen atoms in total. The molecule has 0 N–H and O–H groups in total. The van der Waals surface area contributed by atoms with Crippen LogP contribution < -0.4 is 5.01 Å². The van der Waals surface area contributed by atoms with Crippen LogP contribution in [0.4, 0.5) is 11.4 Å². The van der Waals surface area contributed by atoms with Gasteiger partial charge in [0.2, 0.25) is 0 Å². The van der Waals surface area contributed by atoms with E-state index in [1.165, 1.54) is 5.01 Å². The molecule has 0 fully saturated rings. The maximum Gasteiger partial charge on any atom is 0.280 e. The molecular weight excluding hydrogens is 312 g/mol. The van der Waals surface area contributed by atoms with Gasteiger partial charge in [0.05, 0.1) is 17.1 Å². The summed E-state index contributed by atoms with van der Waals surface area (Å²) in [5.74, 6) is -0.187. The van der Waals surface area contributed by atoms with Crippen molar-refractivity contribution in [2.24, 2.45) is 15.3 Å². The Kier molecular flexibility index (Phi) is 3.82. The fraction of sp³-hybridized carbons (Fsp3) is 0.100. The van der Waals surface area contributed by atoms with Gasteiger partial charge in [0.25, 0.3) is 5.91 Å². The summed E-state index contributed by atoms with van der Waals surface area (Å²) in [5.41, 5.74) is 2.12. The van der Waals surface area contributed by atoms with E-state index >= 15 is 0 Å². The summed E-state index contributed by atoms with van der Waals surface area (Å²) in [6.45, 7) is 1.80. The Morgan fingerprint density at radius 1 is 0.920 bits per heavy atom. The van der Waals surface area contributed by atoms with Gasteiger partial charge in [-0.2, -0.15) is 20.3 Å². The zero-order valence-corrected chi connectivity index (χ0v) is 13.7. The van der Waals surface area contributed by atoms with Crippen molar-refractivity contribution in [2.45, 2.75) is 13.0 Å². The number of rotatable bonds is 3. The lowest BCUT2D eigenvalue weighted by Gasteiger charge is -2.11. The summed E-state index contributed by atoms with van der Waals surface area (Å²) in [6, 6.07) is 22.5. The number of anilines is 1. The van der Waals surface area contributed by atoms with Gasteiger partial charge in [-0.15, -0.1) is 0 Å². The molecule has 1 amide bonds. The molecular formula is C20H16N4O. The number of nitrogens with zero attached hydrogens (tertiary/aromatic N) is 4. The predicted molar refractivity (Wildman–Crippen MR) is 99.3 cm³/mol. The molecule has 122 valence electrons. The Balaban J connectivity index is 1.64. The van der Waals surface area contributed by atoms with Crippen LogP contribution in [-0.4, -0.2) is 17.7 Å². The number of carbonyl (C=O) groups excluding carboxylic acids is 1. The average Bonchev–Trinajstić information content (AvgIpc) is 2.94. The summed E-state index contributed by atoms with van der Waals surface area (Å²) in [6.07, 6.45) is 0. The maximum atomic E-state index is 12.7. The van der Waals surface area contributed by atoms with E-state index in [1.807, 2.05) is 72.8 Å². The molecule has 4 rings (SSSR count). The number of carbonyl (C=O) groups is 1. The minimum absolute atomic E-state index is 0.187. The molecule has 3 aromatic carbocycles. The van der Waals surface area contributed by atoms with Crippen molar-refractivity contribution in [1.82, 2.24) is 0 Å². The lowest BCUT2D eigenvalue weighted by molar-refractivity contribution is -0.117. The summed E-state index contributed by atoms with van der Waals surface area (Å²) in [7, 11) is 0. The molecule has 0 aliphatic carbocycles. The standard InChI is InChI=1S/C20H16N4O/c1-14-19(20(25)24(23-14)16-10-3-2-4-11-16)22-21-18-13-7-9-15-8-5-6-12-17(15)18/h2-13,19H,1H3/t19-/m0/s1. The van der Waals surface area contributed by atoms with Gasteiger partial charge < -0.3 is 0 Å². The highest BCUT2D eigenvalue weighted by Crippen LogP contribution is 2.27. The van der Waals surface area contributed by atoms with Crippen LogP contribution in [0.5, 0.6) is 0 Å².